The van der Waals surface area contributed by atoms with Gasteiger partial charge in [-0.15, -0.1) is 11.3 Å². The molecule has 0 amide bonds. The molecule has 8 heteroatoms. The number of rotatable bonds is 3. The van der Waals surface area contributed by atoms with Crippen molar-refractivity contribution >= 4 is 44.6 Å². The second-order valence-electron chi connectivity index (χ2n) is 6.04. The van der Waals surface area contributed by atoms with Crippen LogP contribution in [0.3, 0.4) is 0 Å². The molecule has 0 atom stereocenters. The molecule has 28 heavy (non-hydrogen) atoms. The maximum Gasteiger partial charge on any atom is 0.281 e. The Morgan fingerprint density at radius 3 is 2.61 bits per heavy atom. The summed E-state index contributed by atoms with van der Waals surface area (Å²) in [6.07, 6.45) is 1.38. The lowest BCUT2D eigenvalue weighted by Gasteiger charge is -2.12. The van der Waals surface area contributed by atoms with Crippen molar-refractivity contribution in [3.8, 4) is 11.1 Å². The predicted molar refractivity (Wildman–Crippen MR) is 116 cm³/mol. The summed E-state index contributed by atoms with van der Waals surface area (Å²) in [4.78, 5) is 19.2. The third-order valence-electron chi connectivity index (χ3n) is 4.20. The van der Waals surface area contributed by atoms with E-state index in [1.807, 2.05) is 37.3 Å². The number of aromatic nitrogens is 2. The van der Waals surface area contributed by atoms with Crippen LogP contribution in [0.25, 0.3) is 21.3 Å². The minimum Gasteiger partial charge on any atom is -0.329 e. The molecule has 2 aromatic carbocycles. The predicted octanol–water partition coefficient (Wildman–Crippen LogP) is 4.51. The maximum atomic E-state index is 13.8. The summed E-state index contributed by atoms with van der Waals surface area (Å²) in [5.41, 5.74) is 4.53. The summed E-state index contributed by atoms with van der Waals surface area (Å²) in [5.74, 6) is -0.438. The van der Waals surface area contributed by atoms with Crippen molar-refractivity contribution in [1.29, 1.82) is 0 Å². The van der Waals surface area contributed by atoms with Crippen LogP contribution in [0.5, 0.6) is 0 Å². The molecule has 0 fully saturated rings. The third kappa shape index (κ3) is 3.39. The molecule has 0 bridgehead atoms. The van der Waals surface area contributed by atoms with Crippen LogP contribution in [0.2, 0.25) is 0 Å². The lowest BCUT2D eigenvalue weighted by atomic mass is 10.0. The zero-order chi connectivity index (χ0) is 19.7. The molecule has 0 spiro atoms. The van der Waals surface area contributed by atoms with E-state index in [2.05, 4.69) is 15.7 Å². The molecular formula is C20H15FN4OS2. The Morgan fingerprint density at radius 2 is 1.86 bits per heavy atom. The SMILES string of the molecule is Cc1sc2ncn(NC(=S)Nc3ccccc3F)c(=O)c2c1-c1ccccc1. The highest BCUT2D eigenvalue weighted by atomic mass is 32.1. The highest BCUT2D eigenvalue weighted by molar-refractivity contribution is 7.80. The van der Waals surface area contributed by atoms with Gasteiger partial charge in [0, 0.05) is 10.4 Å². The fourth-order valence-electron chi connectivity index (χ4n) is 2.96. The van der Waals surface area contributed by atoms with E-state index in [-0.39, 0.29) is 16.4 Å². The molecule has 0 aliphatic heterocycles. The average molecular weight is 410 g/mol. The van der Waals surface area contributed by atoms with E-state index in [0.717, 1.165) is 16.0 Å². The number of halogens is 1. The molecule has 2 heterocycles. The number of anilines is 1. The average Bonchev–Trinajstić information content (AvgIpc) is 3.03. The first-order valence-electron chi connectivity index (χ1n) is 8.43. The van der Waals surface area contributed by atoms with Gasteiger partial charge in [-0.3, -0.25) is 10.2 Å². The molecule has 4 rings (SSSR count). The van der Waals surface area contributed by atoms with Crippen molar-refractivity contribution in [2.45, 2.75) is 6.92 Å². The van der Waals surface area contributed by atoms with Gasteiger partial charge in [0.25, 0.3) is 5.56 Å². The van der Waals surface area contributed by atoms with Gasteiger partial charge in [-0.05, 0) is 36.8 Å². The summed E-state index contributed by atoms with van der Waals surface area (Å²) >= 11 is 6.69. The zero-order valence-corrected chi connectivity index (χ0v) is 16.4. The zero-order valence-electron chi connectivity index (χ0n) is 14.8. The number of fused-ring (bicyclic) bond motifs is 1. The Labute approximate surface area is 169 Å². The normalized spacial score (nSPS) is 10.8. The van der Waals surface area contributed by atoms with Crippen LogP contribution in [0.4, 0.5) is 10.1 Å². The van der Waals surface area contributed by atoms with Crippen molar-refractivity contribution in [3.63, 3.8) is 0 Å². The molecule has 0 radical (unpaired) electrons. The topological polar surface area (TPSA) is 59.0 Å². The summed E-state index contributed by atoms with van der Waals surface area (Å²) in [6, 6.07) is 15.9. The number of benzene rings is 2. The Hall–Kier alpha value is -3.10. The number of aryl methyl sites for hydroxylation is 1. The molecule has 5 nitrogen and oxygen atoms in total. The summed E-state index contributed by atoms with van der Waals surface area (Å²) in [6.45, 7) is 1.97. The second-order valence-corrected chi connectivity index (χ2v) is 7.66. The number of thiocarbonyl (C=S) groups is 1. The molecule has 0 saturated heterocycles. The van der Waals surface area contributed by atoms with Crippen LogP contribution in [0.15, 0.2) is 65.7 Å². The minimum absolute atomic E-state index is 0.0848. The summed E-state index contributed by atoms with van der Waals surface area (Å²) in [7, 11) is 0. The second kappa shape index (κ2) is 7.49. The first kappa shape index (κ1) is 18.3. The van der Waals surface area contributed by atoms with Crippen LogP contribution < -0.4 is 16.3 Å². The molecular weight excluding hydrogens is 395 g/mol. The fourth-order valence-corrected chi connectivity index (χ4v) is 4.17. The Balaban J connectivity index is 1.71. The van der Waals surface area contributed by atoms with E-state index in [1.165, 1.54) is 28.4 Å². The van der Waals surface area contributed by atoms with Crippen molar-refractivity contribution in [1.82, 2.24) is 9.66 Å². The smallest absolute Gasteiger partial charge is 0.281 e. The molecule has 0 saturated carbocycles. The molecule has 2 aromatic heterocycles. The van der Waals surface area contributed by atoms with Crippen LogP contribution in [0.1, 0.15) is 4.88 Å². The van der Waals surface area contributed by atoms with Crippen molar-refractivity contribution in [2.75, 3.05) is 10.7 Å². The van der Waals surface area contributed by atoms with Crippen molar-refractivity contribution in [3.05, 3.63) is 82.0 Å². The van der Waals surface area contributed by atoms with Gasteiger partial charge < -0.3 is 5.32 Å². The highest BCUT2D eigenvalue weighted by Gasteiger charge is 2.17. The molecule has 0 aliphatic rings. The van der Waals surface area contributed by atoms with Crippen LogP contribution >= 0.6 is 23.6 Å². The molecule has 0 unspecified atom stereocenters. The van der Waals surface area contributed by atoms with Gasteiger partial charge in [-0.1, -0.05) is 42.5 Å². The first-order chi connectivity index (χ1) is 13.5. The summed E-state index contributed by atoms with van der Waals surface area (Å²) in [5, 5.41) is 3.36. The molecule has 2 N–H and O–H groups in total. The van der Waals surface area contributed by atoms with Crippen LogP contribution in [-0.2, 0) is 0 Å². The van der Waals surface area contributed by atoms with Crippen molar-refractivity contribution in [2.24, 2.45) is 0 Å². The summed E-state index contributed by atoms with van der Waals surface area (Å²) < 4.78 is 15.0. The van der Waals surface area contributed by atoms with Gasteiger partial charge in [0.15, 0.2) is 5.11 Å². The quantitative estimate of drug-likeness (QED) is 0.487. The van der Waals surface area contributed by atoms with Crippen LogP contribution in [-0.4, -0.2) is 14.8 Å². The lowest BCUT2D eigenvalue weighted by molar-refractivity contribution is 0.632. The van der Waals surface area contributed by atoms with Gasteiger partial charge >= 0.3 is 0 Å². The number of hydrogen-bond acceptors (Lipinski definition) is 4. The van der Waals surface area contributed by atoms with Gasteiger partial charge in [0.1, 0.15) is 17.0 Å². The van der Waals surface area contributed by atoms with E-state index >= 15 is 0 Å². The third-order valence-corrected chi connectivity index (χ3v) is 5.40. The van der Waals surface area contributed by atoms with E-state index in [9.17, 15) is 9.18 Å². The lowest BCUT2D eigenvalue weighted by Crippen LogP contribution is -2.35. The highest BCUT2D eigenvalue weighted by Crippen LogP contribution is 2.35. The van der Waals surface area contributed by atoms with Gasteiger partial charge in [-0.2, -0.15) is 0 Å². The standard InChI is InChI=1S/C20H15FN4OS2/c1-12-16(13-7-3-2-4-8-13)17-18(28-12)22-11-25(19(17)26)24-20(27)23-15-10-6-5-9-14(15)21/h2-11H,1H3,(H2,23,24,27). The first-order valence-corrected chi connectivity index (χ1v) is 9.66. The number of hydrogen-bond donors (Lipinski definition) is 2. The number of nitrogens with zero attached hydrogens (tertiary/aromatic N) is 2. The van der Waals surface area contributed by atoms with E-state index in [4.69, 9.17) is 12.2 Å². The minimum atomic E-state index is -0.438. The Bertz CT molecular complexity index is 1230. The molecule has 4 aromatic rings. The van der Waals surface area contributed by atoms with Crippen molar-refractivity contribution < 1.29 is 4.39 Å². The number of nitrogens with one attached hydrogen (secondary N) is 2. The van der Waals surface area contributed by atoms with Crippen LogP contribution in [0, 0.1) is 12.7 Å². The Kier molecular flexibility index (Phi) is 4.89. The maximum absolute atomic E-state index is 13.8. The van der Waals surface area contributed by atoms with E-state index in [0.29, 0.717) is 10.2 Å². The van der Waals surface area contributed by atoms with Gasteiger partial charge in [-0.25, -0.2) is 14.1 Å². The molecule has 140 valence electrons. The number of para-hydroxylation sites is 1. The van der Waals surface area contributed by atoms with Gasteiger partial charge in [0.2, 0.25) is 0 Å². The number of thiophene rings is 1. The monoisotopic (exact) mass is 410 g/mol. The fraction of sp³-hybridized carbons (Fsp3) is 0.0500. The molecule has 0 aliphatic carbocycles. The van der Waals surface area contributed by atoms with E-state index < -0.39 is 5.82 Å². The van der Waals surface area contributed by atoms with Gasteiger partial charge in [0.05, 0.1) is 11.1 Å². The Morgan fingerprint density at radius 1 is 1.14 bits per heavy atom. The largest absolute Gasteiger partial charge is 0.329 e. The van der Waals surface area contributed by atoms with E-state index in [1.54, 1.807) is 18.2 Å².